The number of hydrogen-bond donors (Lipinski definition) is 2. The number of thioether (sulfide) groups is 1. The van der Waals surface area contributed by atoms with Crippen molar-refractivity contribution in [1.82, 2.24) is 0 Å². The molecule has 1 aromatic rings. The SMILES string of the molecule is CC(C)C(N)C(CO)Sc1ccc(C(C)(C)C)cc1. The van der Waals surface area contributed by atoms with E-state index in [-0.39, 0.29) is 23.3 Å². The van der Waals surface area contributed by atoms with Crippen LogP contribution in [-0.4, -0.2) is 23.0 Å². The number of aliphatic hydroxyl groups excluding tert-OH is 1. The Bertz CT molecular complexity index is 381. The van der Waals surface area contributed by atoms with E-state index >= 15 is 0 Å². The molecule has 0 saturated carbocycles. The summed E-state index contributed by atoms with van der Waals surface area (Å²) in [5.41, 5.74) is 7.64. The van der Waals surface area contributed by atoms with Crippen molar-refractivity contribution in [2.45, 2.75) is 56.2 Å². The van der Waals surface area contributed by atoms with Crippen molar-refractivity contribution in [3.63, 3.8) is 0 Å². The summed E-state index contributed by atoms with van der Waals surface area (Å²) in [6.07, 6.45) is 0. The van der Waals surface area contributed by atoms with Crippen LogP contribution in [0.3, 0.4) is 0 Å². The van der Waals surface area contributed by atoms with Gasteiger partial charge in [0.15, 0.2) is 0 Å². The summed E-state index contributed by atoms with van der Waals surface area (Å²) in [5, 5.41) is 9.55. The van der Waals surface area contributed by atoms with Crippen molar-refractivity contribution in [2.24, 2.45) is 11.7 Å². The molecule has 19 heavy (non-hydrogen) atoms. The molecule has 0 spiro atoms. The monoisotopic (exact) mass is 281 g/mol. The van der Waals surface area contributed by atoms with Gasteiger partial charge in [-0.3, -0.25) is 0 Å². The van der Waals surface area contributed by atoms with Crippen molar-refractivity contribution in [1.29, 1.82) is 0 Å². The van der Waals surface area contributed by atoms with Gasteiger partial charge in [-0.1, -0.05) is 46.8 Å². The van der Waals surface area contributed by atoms with E-state index in [1.165, 1.54) is 10.5 Å². The van der Waals surface area contributed by atoms with Crippen molar-refractivity contribution >= 4 is 11.8 Å². The predicted octanol–water partition coefficient (Wildman–Crippen LogP) is 3.42. The molecular weight excluding hydrogens is 254 g/mol. The Balaban J connectivity index is 2.76. The Morgan fingerprint density at radius 3 is 2.05 bits per heavy atom. The maximum absolute atomic E-state index is 9.49. The van der Waals surface area contributed by atoms with Gasteiger partial charge in [0.1, 0.15) is 0 Å². The van der Waals surface area contributed by atoms with Gasteiger partial charge in [-0.15, -0.1) is 11.8 Å². The quantitative estimate of drug-likeness (QED) is 0.813. The van der Waals surface area contributed by atoms with Gasteiger partial charge in [0, 0.05) is 16.2 Å². The third kappa shape index (κ3) is 4.83. The third-order valence-corrected chi connectivity index (χ3v) is 4.70. The van der Waals surface area contributed by atoms with Crippen LogP contribution in [-0.2, 0) is 5.41 Å². The summed E-state index contributed by atoms with van der Waals surface area (Å²) in [5.74, 6) is 0.374. The van der Waals surface area contributed by atoms with Crippen LogP contribution in [0.15, 0.2) is 29.2 Å². The number of hydrogen-bond acceptors (Lipinski definition) is 3. The van der Waals surface area contributed by atoms with Gasteiger partial charge in [-0.05, 0) is 29.0 Å². The number of benzene rings is 1. The van der Waals surface area contributed by atoms with Gasteiger partial charge in [-0.2, -0.15) is 0 Å². The Morgan fingerprint density at radius 2 is 1.68 bits per heavy atom. The first-order valence-electron chi connectivity index (χ1n) is 6.89. The van der Waals surface area contributed by atoms with E-state index in [1.807, 2.05) is 0 Å². The molecule has 0 aromatic heterocycles. The van der Waals surface area contributed by atoms with Gasteiger partial charge in [0.05, 0.1) is 6.61 Å². The fourth-order valence-corrected chi connectivity index (χ4v) is 3.06. The number of rotatable bonds is 5. The van der Waals surface area contributed by atoms with Crippen LogP contribution in [0.5, 0.6) is 0 Å². The first-order chi connectivity index (χ1) is 8.75. The molecule has 2 atom stereocenters. The van der Waals surface area contributed by atoms with E-state index in [1.54, 1.807) is 11.8 Å². The second-order valence-corrected chi connectivity index (χ2v) is 7.75. The third-order valence-electron chi connectivity index (χ3n) is 3.39. The van der Waals surface area contributed by atoms with E-state index in [9.17, 15) is 5.11 Å². The lowest BCUT2D eigenvalue weighted by Crippen LogP contribution is -2.39. The minimum Gasteiger partial charge on any atom is -0.395 e. The summed E-state index contributed by atoms with van der Waals surface area (Å²) in [6.45, 7) is 10.9. The minimum absolute atomic E-state index is 0.0114. The van der Waals surface area contributed by atoms with Crippen LogP contribution < -0.4 is 5.73 Å². The van der Waals surface area contributed by atoms with E-state index in [0.29, 0.717) is 5.92 Å². The van der Waals surface area contributed by atoms with Crippen molar-refractivity contribution in [2.75, 3.05) is 6.61 Å². The molecule has 2 nitrogen and oxygen atoms in total. The molecule has 0 bridgehead atoms. The topological polar surface area (TPSA) is 46.2 Å². The van der Waals surface area contributed by atoms with Crippen LogP contribution in [0, 0.1) is 5.92 Å². The summed E-state index contributed by atoms with van der Waals surface area (Å²) in [7, 11) is 0. The molecule has 108 valence electrons. The van der Waals surface area contributed by atoms with E-state index in [0.717, 1.165) is 0 Å². The highest BCUT2D eigenvalue weighted by Crippen LogP contribution is 2.29. The van der Waals surface area contributed by atoms with Crippen molar-refractivity contribution in [3.05, 3.63) is 29.8 Å². The lowest BCUT2D eigenvalue weighted by Gasteiger charge is -2.25. The van der Waals surface area contributed by atoms with Gasteiger partial charge >= 0.3 is 0 Å². The molecule has 3 heteroatoms. The second kappa shape index (κ2) is 6.78. The molecule has 0 aliphatic rings. The first-order valence-corrected chi connectivity index (χ1v) is 7.77. The van der Waals surface area contributed by atoms with E-state index in [4.69, 9.17) is 5.73 Å². The molecule has 3 N–H and O–H groups in total. The van der Waals surface area contributed by atoms with Crippen LogP contribution in [0.2, 0.25) is 0 Å². The highest BCUT2D eigenvalue weighted by atomic mass is 32.2. The zero-order valence-electron chi connectivity index (χ0n) is 12.7. The second-order valence-electron chi connectivity index (χ2n) is 6.43. The number of aliphatic hydroxyl groups is 1. The highest BCUT2D eigenvalue weighted by Gasteiger charge is 2.21. The fourth-order valence-electron chi connectivity index (χ4n) is 1.88. The summed E-state index contributed by atoms with van der Waals surface area (Å²) in [6, 6.07) is 8.59. The summed E-state index contributed by atoms with van der Waals surface area (Å²) < 4.78 is 0. The number of nitrogens with two attached hydrogens (primary N) is 1. The molecule has 2 unspecified atom stereocenters. The van der Waals surface area contributed by atoms with Gasteiger partial charge in [0.2, 0.25) is 0 Å². The lowest BCUT2D eigenvalue weighted by molar-refractivity contribution is 0.269. The molecule has 0 aliphatic heterocycles. The normalized spacial score (nSPS) is 15.6. The average Bonchev–Trinajstić information content (AvgIpc) is 2.34. The molecular formula is C16H27NOS. The Morgan fingerprint density at radius 1 is 1.16 bits per heavy atom. The minimum atomic E-state index is 0.0114. The maximum atomic E-state index is 9.49. The highest BCUT2D eigenvalue weighted by molar-refractivity contribution is 8.00. The molecule has 1 aromatic carbocycles. The Hall–Kier alpha value is -0.510. The fraction of sp³-hybridized carbons (Fsp3) is 0.625. The predicted molar refractivity (Wildman–Crippen MR) is 84.7 cm³/mol. The molecule has 1 rings (SSSR count). The summed E-state index contributed by atoms with van der Waals surface area (Å²) in [4.78, 5) is 1.17. The zero-order valence-corrected chi connectivity index (χ0v) is 13.5. The lowest BCUT2D eigenvalue weighted by atomic mass is 9.87. The van der Waals surface area contributed by atoms with Crippen LogP contribution in [0.4, 0.5) is 0 Å². The largest absolute Gasteiger partial charge is 0.395 e. The molecule has 0 aliphatic carbocycles. The molecule has 0 saturated heterocycles. The maximum Gasteiger partial charge on any atom is 0.0568 e. The van der Waals surface area contributed by atoms with E-state index < -0.39 is 0 Å². The Labute approximate surface area is 121 Å². The van der Waals surface area contributed by atoms with Gasteiger partial charge in [-0.25, -0.2) is 0 Å². The zero-order chi connectivity index (χ0) is 14.6. The van der Waals surface area contributed by atoms with Crippen LogP contribution >= 0.6 is 11.8 Å². The smallest absolute Gasteiger partial charge is 0.0568 e. The standard InChI is InChI=1S/C16H27NOS/c1-11(2)15(17)14(10-18)19-13-8-6-12(7-9-13)16(3,4)5/h6-9,11,14-15,18H,10,17H2,1-5H3. The molecule has 0 heterocycles. The van der Waals surface area contributed by atoms with Crippen LogP contribution in [0.25, 0.3) is 0 Å². The van der Waals surface area contributed by atoms with E-state index in [2.05, 4.69) is 58.9 Å². The van der Waals surface area contributed by atoms with Gasteiger partial charge < -0.3 is 10.8 Å². The average molecular weight is 281 g/mol. The summed E-state index contributed by atoms with van der Waals surface area (Å²) >= 11 is 1.67. The van der Waals surface area contributed by atoms with Gasteiger partial charge in [0.25, 0.3) is 0 Å². The molecule has 0 amide bonds. The first kappa shape index (κ1) is 16.5. The van der Waals surface area contributed by atoms with Crippen molar-refractivity contribution < 1.29 is 5.11 Å². The Kier molecular flexibility index (Phi) is 5.90. The molecule has 0 radical (unpaired) electrons. The van der Waals surface area contributed by atoms with Crippen LogP contribution in [0.1, 0.15) is 40.2 Å². The molecule has 0 fully saturated rings. The van der Waals surface area contributed by atoms with Crippen molar-refractivity contribution in [3.8, 4) is 0 Å².